The SMILES string of the molecule is O=C(O)CC1(CC(=O)NCc2ccsc2)CCCCC1. The highest BCUT2D eigenvalue weighted by Gasteiger charge is 2.36. The lowest BCUT2D eigenvalue weighted by Crippen LogP contribution is -2.34. The number of rotatable bonds is 6. The van der Waals surface area contributed by atoms with E-state index in [1.165, 1.54) is 0 Å². The molecule has 1 saturated carbocycles. The van der Waals surface area contributed by atoms with E-state index in [0.29, 0.717) is 13.0 Å². The fourth-order valence-corrected chi connectivity index (χ4v) is 3.70. The first kappa shape index (κ1) is 15.0. The molecule has 5 heteroatoms. The highest BCUT2D eigenvalue weighted by Crippen LogP contribution is 2.42. The van der Waals surface area contributed by atoms with Crippen LogP contribution in [-0.2, 0) is 16.1 Å². The van der Waals surface area contributed by atoms with Crippen LogP contribution in [0.4, 0.5) is 0 Å². The molecule has 0 spiro atoms. The lowest BCUT2D eigenvalue weighted by atomic mass is 9.69. The Hall–Kier alpha value is -1.36. The predicted molar refractivity (Wildman–Crippen MR) is 78.6 cm³/mol. The van der Waals surface area contributed by atoms with E-state index >= 15 is 0 Å². The van der Waals surface area contributed by atoms with Crippen LogP contribution >= 0.6 is 11.3 Å². The summed E-state index contributed by atoms with van der Waals surface area (Å²) in [5.74, 6) is -0.822. The summed E-state index contributed by atoms with van der Waals surface area (Å²) in [7, 11) is 0. The maximum atomic E-state index is 12.1. The second-order valence-electron chi connectivity index (χ2n) is 5.72. The zero-order chi connectivity index (χ0) is 14.4. The Morgan fingerprint density at radius 3 is 2.60 bits per heavy atom. The summed E-state index contributed by atoms with van der Waals surface area (Å²) >= 11 is 1.61. The average molecular weight is 295 g/mol. The van der Waals surface area contributed by atoms with E-state index in [-0.39, 0.29) is 17.7 Å². The molecule has 0 aliphatic heterocycles. The van der Waals surface area contributed by atoms with Gasteiger partial charge in [0, 0.05) is 13.0 Å². The number of carboxylic acids is 1. The van der Waals surface area contributed by atoms with Gasteiger partial charge in [0.2, 0.25) is 5.91 Å². The Balaban J connectivity index is 1.89. The molecule has 1 fully saturated rings. The Morgan fingerprint density at radius 1 is 1.25 bits per heavy atom. The topological polar surface area (TPSA) is 66.4 Å². The van der Waals surface area contributed by atoms with Crippen molar-refractivity contribution < 1.29 is 14.7 Å². The molecule has 110 valence electrons. The molecule has 1 heterocycles. The number of carboxylic acid groups (broad SMARTS) is 1. The van der Waals surface area contributed by atoms with Crippen LogP contribution in [0.25, 0.3) is 0 Å². The molecule has 1 aliphatic rings. The van der Waals surface area contributed by atoms with E-state index in [2.05, 4.69) is 5.32 Å². The third-order valence-electron chi connectivity index (χ3n) is 4.05. The second-order valence-corrected chi connectivity index (χ2v) is 6.50. The summed E-state index contributed by atoms with van der Waals surface area (Å²) in [6.45, 7) is 0.533. The fraction of sp³-hybridized carbons (Fsp3) is 0.600. The minimum absolute atomic E-state index is 0.0284. The van der Waals surface area contributed by atoms with Gasteiger partial charge in [-0.15, -0.1) is 0 Å². The first-order valence-electron chi connectivity index (χ1n) is 7.09. The first-order chi connectivity index (χ1) is 9.60. The lowest BCUT2D eigenvalue weighted by molar-refractivity contribution is -0.141. The molecule has 1 amide bonds. The average Bonchev–Trinajstić information content (AvgIpc) is 2.89. The van der Waals surface area contributed by atoms with Crippen LogP contribution in [0.1, 0.15) is 50.5 Å². The van der Waals surface area contributed by atoms with Crippen LogP contribution in [0.3, 0.4) is 0 Å². The molecule has 0 unspecified atom stereocenters. The molecule has 4 nitrogen and oxygen atoms in total. The normalized spacial score (nSPS) is 17.6. The summed E-state index contributed by atoms with van der Waals surface area (Å²) in [4.78, 5) is 23.2. The Labute approximate surface area is 123 Å². The third kappa shape index (κ3) is 4.34. The standard InChI is InChI=1S/C15H21NO3S/c17-13(16-10-12-4-7-20-11-12)8-15(9-14(18)19)5-2-1-3-6-15/h4,7,11H,1-3,5-6,8-10H2,(H,16,17)(H,18,19). The van der Waals surface area contributed by atoms with Gasteiger partial charge in [-0.05, 0) is 40.6 Å². The number of nitrogens with one attached hydrogen (secondary N) is 1. The van der Waals surface area contributed by atoms with E-state index in [0.717, 1.165) is 37.7 Å². The molecule has 2 rings (SSSR count). The van der Waals surface area contributed by atoms with Crippen molar-refractivity contribution in [3.05, 3.63) is 22.4 Å². The van der Waals surface area contributed by atoms with E-state index < -0.39 is 5.97 Å². The molecular weight excluding hydrogens is 274 g/mol. The van der Waals surface area contributed by atoms with Crippen molar-refractivity contribution in [2.45, 2.75) is 51.5 Å². The van der Waals surface area contributed by atoms with Gasteiger partial charge < -0.3 is 10.4 Å². The molecule has 1 aromatic heterocycles. The van der Waals surface area contributed by atoms with Crippen molar-refractivity contribution in [2.24, 2.45) is 5.41 Å². The van der Waals surface area contributed by atoms with Crippen molar-refractivity contribution in [3.8, 4) is 0 Å². The number of carbonyl (C=O) groups is 2. The Bertz CT molecular complexity index is 450. The monoisotopic (exact) mass is 295 g/mol. The van der Waals surface area contributed by atoms with Crippen LogP contribution in [0.5, 0.6) is 0 Å². The largest absolute Gasteiger partial charge is 0.481 e. The van der Waals surface area contributed by atoms with Crippen molar-refractivity contribution in [3.63, 3.8) is 0 Å². The number of aliphatic carboxylic acids is 1. The maximum Gasteiger partial charge on any atom is 0.303 e. The van der Waals surface area contributed by atoms with Crippen molar-refractivity contribution in [2.75, 3.05) is 0 Å². The molecule has 1 aliphatic carbocycles. The molecule has 0 aromatic carbocycles. The van der Waals surface area contributed by atoms with Gasteiger partial charge in [-0.1, -0.05) is 19.3 Å². The second kappa shape index (κ2) is 6.88. The summed E-state index contributed by atoms with van der Waals surface area (Å²) in [5, 5.41) is 16.0. The minimum Gasteiger partial charge on any atom is -0.481 e. The molecule has 1 aromatic rings. The summed E-state index contributed by atoms with van der Waals surface area (Å²) in [6, 6.07) is 1.98. The predicted octanol–water partition coefficient (Wildman–Crippen LogP) is 3.18. The molecule has 0 atom stereocenters. The van der Waals surface area contributed by atoms with E-state index in [1.807, 2.05) is 16.8 Å². The van der Waals surface area contributed by atoms with Crippen LogP contribution in [0.15, 0.2) is 16.8 Å². The van der Waals surface area contributed by atoms with Gasteiger partial charge in [-0.25, -0.2) is 0 Å². The van der Waals surface area contributed by atoms with Gasteiger partial charge in [0.15, 0.2) is 0 Å². The molecule has 20 heavy (non-hydrogen) atoms. The first-order valence-corrected chi connectivity index (χ1v) is 8.04. The zero-order valence-electron chi connectivity index (χ0n) is 11.6. The maximum absolute atomic E-state index is 12.1. The van der Waals surface area contributed by atoms with Crippen LogP contribution < -0.4 is 5.32 Å². The minimum atomic E-state index is -0.794. The van der Waals surface area contributed by atoms with Crippen molar-refractivity contribution >= 4 is 23.2 Å². The van der Waals surface area contributed by atoms with Gasteiger partial charge in [0.1, 0.15) is 0 Å². The van der Waals surface area contributed by atoms with Gasteiger partial charge in [0.25, 0.3) is 0 Å². The molecule has 0 saturated heterocycles. The summed E-state index contributed by atoms with van der Waals surface area (Å²) in [6.07, 6.45) is 5.37. The van der Waals surface area contributed by atoms with Crippen molar-refractivity contribution in [1.82, 2.24) is 5.32 Å². The van der Waals surface area contributed by atoms with Crippen LogP contribution in [0, 0.1) is 5.41 Å². The van der Waals surface area contributed by atoms with Gasteiger partial charge in [0.05, 0.1) is 6.42 Å². The van der Waals surface area contributed by atoms with Gasteiger partial charge in [-0.3, -0.25) is 9.59 Å². The smallest absolute Gasteiger partial charge is 0.303 e. The zero-order valence-corrected chi connectivity index (χ0v) is 12.4. The van der Waals surface area contributed by atoms with Gasteiger partial charge in [-0.2, -0.15) is 11.3 Å². The third-order valence-corrected chi connectivity index (χ3v) is 4.78. The van der Waals surface area contributed by atoms with E-state index in [1.54, 1.807) is 11.3 Å². The molecule has 0 bridgehead atoms. The summed E-state index contributed by atoms with van der Waals surface area (Å²) < 4.78 is 0. The molecular formula is C15H21NO3S. The quantitative estimate of drug-likeness (QED) is 0.847. The highest BCUT2D eigenvalue weighted by molar-refractivity contribution is 7.07. The Kier molecular flexibility index (Phi) is 5.17. The van der Waals surface area contributed by atoms with Crippen LogP contribution in [-0.4, -0.2) is 17.0 Å². The van der Waals surface area contributed by atoms with E-state index in [9.17, 15) is 9.59 Å². The number of amides is 1. The highest BCUT2D eigenvalue weighted by atomic mass is 32.1. The lowest BCUT2D eigenvalue weighted by Gasteiger charge is -2.35. The van der Waals surface area contributed by atoms with E-state index in [4.69, 9.17) is 5.11 Å². The van der Waals surface area contributed by atoms with Crippen LogP contribution in [0.2, 0.25) is 0 Å². The number of hydrogen-bond acceptors (Lipinski definition) is 3. The summed E-state index contributed by atoms with van der Waals surface area (Å²) in [5.41, 5.74) is 0.766. The number of carbonyl (C=O) groups excluding carboxylic acids is 1. The number of hydrogen-bond donors (Lipinski definition) is 2. The Morgan fingerprint density at radius 2 is 2.00 bits per heavy atom. The molecule has 2 N–H and O–H groups in total. The molecule has 0 radical (unpaired) electrons. The fourth-order valence-electron chi connectivity index (χ4n) is 3.04. The van der Waals surface area contributed by atoms with Gasteiger partial charge >= 0.3 is 5.97 Å². The number of thiophene rings is 1. The van der Waals surface area contributed by atoms with Crippen molar-refractivity contribution in [1.29, 1.82) is 0 Å².